The maximum Gasteiger partial charge on any atom is 0.0948 e. The van der Waals surface area contributed by atoms with Crippen molar-refractivity contribution in [1.29, 1.82) is 0 Å². The van der Waals surface area contributed by atoms with E-state index in [0.717, 1.165) is 17.7 Å². The summed E-state index contributed by atoms with van der Waals surface area (Å²) in [6.45, 7) is 3.30. The van der Waals surface area contributed by atoms with Gasteiger partial charge in [-0.15, -0.1) is 0 Å². The minimum Gasteiger partial charge on any atom is -0.395 e. The summed E-state index contributed by atoms with van der Waals surface area (Å²) in [5.74, 6) is 0. The predicted molar refractivity (Wildman–Crippen MR) is 97.2 cm³/mol. The van der Waals surface area contributed by atoms with Crippen molar-refractivity contribution in [1.82, 2.24) is 0 Å². The lowest BCUT2D eigenvalue weighted by atomic mass is 10.1. The third-order valence-electron chi connectivity index (χ3n) is 3.95. The van der Waals surface area contributed by atoms with Crippen molar-refractivity contribution in [2.75, 3.05) is 31.2 Å². The highest BCUT2D eigenvalue weighted by Crippen LogP contribution is 2.21. The van der Waals surface area contributed by atoms with Gasteiger partial charge in [0.05, 0.1) is 25.4 Å². The molecule has 0 fully saturated rings. The third kappa shape index (κ3) is 5.64. The van der Waals surface area contributed by atoms with E-state index in [2.05, 4.69) is 6.92 Å². The van der Waals surface area contributed by atoms with Gasteiger partial charge in [-0.3, -0.25) is 0 Å². The van der Waals surface area contributed by atoms with E-state index in [4.69, 9.17) is 4.74 Å². The standard InChI is InChI=1S/C20H27NO3/c1-2-20(17-9-5-3-6-10-17)24-16-19(23)15-21(13-14-22)18-11-7-4-8-12-18/h3-12,19-20,22-23H,2,13-16H2,1H3. The Kier molecular flexibility index (Phi) is 7.75. The van der Waals surface area contributed by atoms with Crippen molar-refractivity contribution in [3.63, 3.8) is 0 Å². The number of para-hydroxylation sites is 1. The molecule has 0 aliphatic heterocycles. The van der Waals surface area contributed by atoms with Gasteiger partial charge in [0.15, 0.2) is 0 Å². The topological polar surface area (TPSA) is 52.9 Å². The summed E-state index contributed by atoms with van der Waals surface area (Å²) in [5.41, 5.74) is 2.11. The summed E-state index contributed by atoms with van der Waals surface area (Å²) < 4.78 is 5.91. The first-order valence-electron chi connectivity index (χ1n) is 8.50. The normalized spacial score (nSPS) is 13.5. The van der Waals surface area contributed by atoms with E-state index in [9.17, 15) is 10.2 Å². The number of ether oxygens (including phenoxy) is 1. The van der Waals surface area contributed by atoms with Gasteiger partial charge in [-0.25, -0.2) is 0 Å². The molecule has 2 aromatic carbocycles. The minimum absolute atomic E-state index is 0.0103. The molecule has 0 aromatic heterocycles. The molecule has 4 nitrogen and oxygen atoms in total. The van der Waals surface area contributed by atoms with Crippen molar-refractivity contribution in [2.45, 2.75) is 25.6 Å². The number of nitrogens with zero attached hydrogens (tertiary/aromatic N) is 1. The van der Waals surface area contributed by atoms with Crippen LogP contribution in [0.4, 0.5) is 5.69 Å². The molecule has 0 bridgehead atoms. The summed E-state index contributed by atoms with van der Waals surface area (Å²) in [6, 6.07) is 19.9. The number of aliphatic hydroxyl groups is 2. The summed E-state index contributed by atoms with van der Waals surface area (Å²) in [4.78, 5) is 1.97. The van der Waals surface area contributed by atoms with Crippen LogP contribution in [0.1, 0.15) is 25.0 Å². The minimum atomic E-state index is -0.616. The van der Waals surface area contributed by atoms with E-state index in [-0.39, 0.29) is 19.3 Å². The van der Waals surface area contributed by atoms with Crippen molar-refractivity contribution >= 4 is 5.69 Å². The maximum absolute atomic E-state index is 10.4. The number of rotatable bonds is 10. The van der Waals surface area contributed by atoms with E-state index in [0.29, 0.717) is 13.1 Å². The van der Waals surface area contributed by atoms with Crippen LogP contribution in [0.2, 0.25) is 0 Å². The summed E-state index contributed by atoms with van der Waals surface area (Å²) in [7, 11) is 0. The van der Waals surface area contributed by atoms with E-state index in [1.54, 1.807) is 0 Å². The number of hydrogen-bond donors (Lipinski definition) is 2. The fraction of sp³-hybridized carbons (Fsp3) is 0.400. The molecular formula is C20H27NO3. The van der Waals surface area contributed by atoms with Crippen molar-refractivity contribution in [3.05, 3.63) is 66.2 Å². The van der Waals surface area contributed by atoms with Gasteiger partial charge in [0.25, 0.3) is 0 Å². The predicted octanol–water partition coefficient (Wildman–Crippen LogP) is 3.01. The van der Waals surface area contributed by atoms with E-state index in [1.165, 1.54) is 0 Å². The van der Waals surface area contributed by atoms with Gasteiger partial charge in [0, 0.05) is 18.8 Å². The Morgan fingerprint density at radius 1 is 1.00 bits per heavy atom. The van der Waals surface area contributed by atoms with Crippen LogP contribution >= 0.6 is 0 Å². The van der Waals surface area contributed by atoms with Crippen LogP contribution in [0.3, 0.4) is 0 Å². The first-order chi connectivity index (χ1) is 11.7. The summed E-state index contributed by atoms with van der Waals surface area (Å²) >= 11 is 0. The van der Waals surface area contributed by atoms with Crippen molar-refractivity contribution < 1.29 is 14.9 Å². The van der Waals surface area contributed by atoms with E-state index < -0.39 is 6.10 Å². The monoisotopic (exact) mass is 329 g/mol. The van der Waals surface area contributed by atoms with Crippen LogP contribution < -0.4 is 4.90 Å². The van der Waals surface area contributed by atoms with Gasteiger partial charge < -0.3 is 19.8 Å². The van der Waals surface area contributed by atoms with Gasteiger partial charge in [-0.05, 0) is 24.1 Å². The highest BCUT2D eigenvalue weighted by molar-refractivity contribution is 5.46. The van der Waals surface area contributed by atoms with Gasteiger partial charge in [0.1, 0.15) is 0 Å². The zero-order valence-electron chi connectivity index (χ0n) is 14.2. The summed E-state index contributed by atoms with van der Waals surface area (Å²) in [6.07, 6.45) is 0.230. The van der Waals surface area contributed by atoms with Crippen LogP contribution in [0.15, 0.2) is 60.7 Å². The molecule has 2 atom stereocenters. The fourth-order valence-corrected chi connectivity index (χ4v) is 2.74. The Morgan fingerprint density at radius 3 is 2.21 bits per heavy atom. The second-order valence-corrected chi connectivity index (χ2v) is 5.80. The van der Waals surface area contributed by atoms with Crippen LogP contribution in [0.25, 0.3) is 0 Å². The van der Waals surface area contributed by atoms with Gasteiger partial charge >= 0.3 is 0 Å². The number of anilines is 1. The Hall–Kier alpha value is -1.88. The van der Waals surface area contributed by atoms with Crippen LogP contribution in [0.5, 0.6) is 0 Å². The molecule has 0 saturated heterocycles. The quantitative estimate of drug-likeness (QED) is 0.703. The molecule has 0 radical (unpaired) electrons. The molecule has 0 heterocycles. The van der Waals surface area contributed by atoms with Crippen LogP contribution in [0, 0.1) is 0 Å². The third-order valence-corrected chi connectivity index (χ3v) is 3.95. The second-order valence-electron chi connectivity index (χ2n) is 5.80. The van der Waals surface area contributed by atoms with Gasteiger partial charge in [0.2, 0.25) is 0 Å². The average Bonchev–Trinajstić information content (AvgIpc) is 2.63. The SMILES string of the molecule is CCC(OCC(O)CN(CCO)c1ccccc1)c1ccccc1. The largest absolute Gasteiger partial charge is 0.395 e. The number of aliphatic hydroxyl groups excluding tert-OH is 2. The molecule has 0 saturated carbocycles. The van der Waals surface area contributed by atoms with Gasteiger partial charge in [-0.2, -0.15) is 0 Å². The Balaban J connectivity index is 1.89. The Morgan fingerprint density at radius 2 is 1.62 bits per heavy atom. The van der Waals surface area contributed by atoms with Gasteiger partial charge in [-0.1, -0.05) is 55.5 Å². The Bertz CT molecular complexity index is 562. The smallest absolute Gasteiger partial charge is 0.0948 e. The molecule has 130 valence electrons. The number of hydrogen-bond acceptors (Lipinski definition) is 4. The highest BCUT2D eigenvalue weighted by Gasteiger charge is 2.15. The molecule has 0 aliphatic rings. The lowest BCUT2D eigenvalue weighted by Crippen LogP contribution is -2.37. The molecule has 0 amide bonds. The molecule has 0 spiro atoms. The fourth-order valence-electron chi connectivity index (χ4n) is 2.74. The maximum atomic E-state index is 10.4. The van der Waals surface area contributed by atoms with E-state index >= 15 is 0 Å². The first-order valence-corrected chi connectivity index (χ1v) is 8.50. The molecule has 0 aliphatic carbocycles. The van der Waals surface area contributed by atoms with Crippen molar-refractivity contribution in [2.24, 2.45) is 0 Å². The molecule has 24 heavy (non-hydrogen) atoms. The summed E-state index contributed by atoms with van der Waals surface area (Å²) in [5, 5.41) is 19.6. The molecule has 2 rings (SSSR count). The second kappa shape index (κ2) is 10.1. The molecule has 2 unspecified atom stereocenters. The van der Waals surface area contributed by atoms with Crippen LogP contribution in [-0.4, -0.2) is 42.6 Å². The average molecular weight is 329 g/mol. The molecular weight excluding hydrogens is 302 g/mol. The van der Waals surface area contributed by atoms with Crippen molar-refractivity contribution in [3.8, 4) is 0 Å². The molecule has 2 aromatic rings. The first kappa shape index (κ1) is 18.5. The lowest BCUT2D eigenvalue weighted by Gasteiger charge is -2.27. The van der Waals surface area contributed by atoms with E-state index in [1.807, 2.05) is 65.6 Å². The highest BCUT2D eigenvalue weighted by atomic mass is 16.5. The molecule has 4 heteroatoms. The lowest BCUT2D eigenvalue weighted by molar-refractivity contribution is -0.00937. The molecule has 2 N–H and O–H groups in total. The zero-order chi connectivity index (χ0) is 17.2. The van der Waals surface area contributed by atoms with Crippen LogP contribution in [-0.2, 0) is 4.74 Å². The number of benzene rings is 2. The Labute approximate surface area is 144 Å². The zero-order valence-corrected chi connectivity index (χ0v) is 14.2.